The van der Waals surface area contributed by atoms with E-state index < -0.39 is 17.2 Å². The van der Waals surface area contributed by atoms with Crippen LogP contribution in [0.5, 0.6) is 11.8 Å². The first-order chi connectivity index (χ1) is 16.2. The van der Waals surface area contributed by atoms with E-state index in [1.165, 1.54) is 14.2 Å². The molecule has 1 saturated heterocycles. The SMILES string of the molecule is COc1cc(C2N(C=O)[C@](C)(c3ccc(Cl)cc3)[C@](C)(c3ccc(Cl)cc3)N2Cl)c(OC)nn1. The molecule has 1 unspecified atom stereocenters. The summed E-state index contributed by atoms with van der Waals surface area (Å²) in [5, 5.41) is 9.28. The third-order valence-corrected chi connectivity index (χ3v) is 7.77. The van der Waals surface area contributed by atoms with Gasteiger partial charge in [-0.15, -0.1) is 10.2 Å². The van der Waals surface area contributed by atoms with Gasteiger partial charge in [0.05, 0.1) is 30.9 Å². The highest BCUT2D eigenvalue weighted by atomic mass is 35.5. The fourth-order valence-corrected chi connectivity index (χ4v) is 5.41. The number of rotatable bonds is 6. The number of carbonyl (C=O) groups is 1. The molecular formula is C24H23Cl3N4O3. The molecule has 178 valence electrons. The van der Waals surface area contributed by atoms with Crippen LogP contribution >= 0.6 is 35.0 Å². The molecule has 1 amide bonds. The molecule has 10 heteroatoms. The molecule has 0 bridgehead atoms. The van der Waals surface area contributed by atoms with Crippen molar-refractivity contribution >= 4 is 41.4 Å². The summed E-state index contributed by atoms with van der Waals surface area (Å²) in [5.74, 6) is 0.488. The molecule has 0 aliphatic carbocycles. The lowest BCUT2D eigenvalue weighted by Crippen LogP contribution is -2.51. The van der Waals surface area contributed by atoms with E-state index in [1.807, 2.05) is 38.1 Å². The zero-order valence-corrected chi connectivity index (χ0v) is 21.3. The van der Waals surface area contributed by atoms with Crippen LogP contribution in [-0.2, 0) is 15.9 Å². The maximum absolute atomic E-state index is 12.8. The van der Waals surface area contributed by atoms with Crippen molar-refractivity contribution < 1.29 is 14.3 Å². The fourth-order valence-electron chi connectivity index (χ4n) is 4.70. The number of benzene rings is 2. The van der Waals surface area contributed by atoms with Crippen LogP contribution in [0.15, 0.2) is 54.6 Å². The summed E-state index contributed by atoms with van der Waals surface area (Å²) in [4.78, 5) is 14.5. The van der Waals surface area contributed by atoms with Gasteiger partial charge in [0, 0.05) is 16.1 Å². The first-order valence-corrected chi connectivity index (χ1v) is 11.5. The summed E-state index contributed by atoms with van der Waals surface area (Å²) in [6, 6.07) is 16.4. The molecule has 0 radical (unpaired) electrons. The Kier molecular flexibility index (Phi) is 6.66. The molecule has 0 spiro atoms. The summed E-state index contributed by atoms with van der Waals surface area (Å²) >= 11 is 19.6. The largest absolute Gasteiger partial charge is 0.480 e. The summed E-state index contributed by atoms with van der Waals surface area (Å²) in [7, 11) is 2.97. The van der Waals surface area contributed by atoms with Crippen LogP contribution in [0.2, 0.25) is 10.0 Å². The molecule has 0 saturated carbocycles. The number of amides is 1. The smallest absolute Gasteiger partial charge is 0.240 e. The molecule has 2 aromatic carbocycles. The Morgan fingerprint density at radius 3 is 1.88 bits per heavy atom. The number of aromatic nitrogens is 2. The number of halogens is 3. The lowest BCUT2D eigenvalue weighted by molar-refractivity contribution is -0.125. The Morgan fingerprint density at radius 2 is 1.41 bits per heavy atom. The quantitative estimate of drug-likeness (QED) is 0.313. The highest BCUT2D eigenvalue weighted by Gasteiger charge is 2.64. The van der Waals surface area contributed by atoms with Gasteiger partial charge in [0.2, 0.25) is 18.2 Å². The molecule has 7 nitrogen and oxygen atoms in total. The van der Waals surface area contributed by atoms with Gasteiger partial charge in [-0.3, -0.25) is 4.79 Å². The molecule has 1 aliphatic heterocycles. The predicted octanol–water partition coefficient (Wildman–Crippen LogP) is 5.56. The molecular weight excluding hydrogens is 499 g/mol. The Morgan fingerprint density at radius 1 is 0.882 bits per heavy atom. The molecule has 3 atom stereocenters. The van der Waals surface area contributed by atoms with E-state index in [0.29, 0.717) is 15.6 Å². The van der Waals surface area contributed by atoms with Gasteiger partial charge in [-0.2, -0.15) is 4.42 Å². The minimum absolute atomic E-state index is 0.224. The van der Waals surface area contributed by atoms with E-state index in [2.05, 4.69) is 10.2 Å². The summed E-state index contributed by atoms with van der Waals surface area (Å²) in [6.45, 7) is 3.94. The third-order valence-electron chi connectivity index (χ3n) is 6.74. The molecule has 1 aliphatic rings. The summed E-state index contributed by atoms with van der Waals surface area (Å²) in [5.41, 5.74) is 0.324. The molecule has 1 fully saturated rings. The summed E-state index contributed by atoms with van der Waals surface area (Å²) in [6.07, 6.45) is 0.00203. The lowest BCUT2D eigenvalue weighted by atomic mass is 9.71. The Hall–Kier alpha value is -2.58. The first kappa shape index (κ1) is 24.5. The number of hydrogen-bond donors (Lipinski definition) is 0. The summed E-state index contributed by atoms with van der Waals surface area (Å²) < 4.78 is 12.4. The second kappa shape index (κ2) is 9.23. The number of nitrogens with zero attached hydrogens (tertiary/aromatic N) is 4. The Balaban J connectivity index is 2.03. The van der Waals surface area contributed by atoms with E-state index in [0.717, 1.165) is 17.5 Å². The molecule has 0 N–H and O–H groups in total. The minimum Gasteiger partial charge on any atom is -0.480 e. The lowest BCUT2D eigenvalue weighted by Gasteiger charge is -2.45. The maximum atomic E-state index is 12.8. The number of ether oxygens (including phenoxy) is 2. The second-order valence-electron chi connectivity index (χ2n) is 8.21. The predicted molar refractivity (Wildman–Crippen MR) is 131 cm³/mol. The van der Waals surface area contributed by atoms with Crippen LogP contribution in [0.4, 0.5) is 0 Å². The van der Waals surface area contributed by atoms with E-state index in [-0.39, 0.29) is 11.8 Å². The van der Waals surface area contributed by atoms with Crippen molar-refractivity contribution in [3.8, 4) is 11.8 Å². The van der Waals surface area contributed by atoms with Crippen molar-refractivity contribution in [1.29, 1.82) is 0 Å². The van der Waals surface area contributed by atoms with Gasteiger partial charge in [-0.25, -0.2) is 0 Å². The van der Waals surface area contributed by atoms with Crippen LogP contribution in [0.25, 0.3) is 0 Å². The van der Waals surface area contributed by atoms with E-state index in [9.17, 15) is 4.79 Å². The van der Waals surface area contributed by atoms with E-state index in [1.54, 1.807) is 39.7 Å². The van der Waals surface area contributed by atoms with Crippen LogP contribution in [0.1, 0.15) is 36.7 Å². The Bertz CT molecular complexity index is 1200. The average Bonchev–Trinajstić information content (AvgIpc) is 3.03. The van der Waals surface area contributed by atoms with Crippen molar-refractivity contribution in [2.75, 3.05) is 14.2 Å². The van der Waals surface area contributed by atoms with Crippen LogP contribution in [-0.4, -0.2) is 40.1 Å². The van der Waals surface area contributed by atoms with Gasteiger partial charge in [0.15, 0.2) is 0 Å². The normalized spacial score (nSPS) is 24.8. The highest BCUT2D eigenvalue weighted by Crippen LogP contribution is 2.61. The number of methoxy groups -OCH3 is 2. The maximum Gasteiger partial charge on any atom is 0.240 e. The van der Waals surface area contributed by atoms with Crippen LogP contribution < -0.4 is 9.47 Å². The van der Waals surface area contributed by atoms with Gasteiger partial charge in [0.25, 0.3) is 0 Å². The second-order valence-corrected chi connectivity index (χ2v) is 9.44. The molecule has 2 heterocycles. The van der Waals surface area contributed by atoms with Crippen molar-refractivity contribution in [2.24, 2.45) is 0 Å². The van der Waals surface area contributed by atoms with Gasteiger partial charge >= 0.3 is 0 Å². The molecule has 3 aromatic rings. The molecule has 34 heavy (non-hydrogen) atoms. The highest BCUT2D eigenvalue weighted by molar-refractivity contribution is 6.30. The fraction of sp³-hybridized carbons (Fsp3) is 0.292. The Labute approximate surface area is 213 Å². The van der Waals surface area contributed by atoms with Gasteiger partial charge < -0.3 is 14.4 Å². The van der Waals surface area contributed by atoms with Crippen molar-refractivity contribution in [3.05, 3.63) is 81.3 Å². The first-order valence-electron chi connectivity index (χ1n) is 10.4. The van der Waals surface area contributed by atoms with Crippen molar-refractivity contribution in [2.45, 2.75) is 31.1 Å². The monoisotopic (exact) mass is 520 g/mol. The third kappa shape index (κ3) is 3.58. The van der Waals surface area contributed by atoms with Crippen molar-refractivity contribution in [3.63, 3.8) is 0 Å². The topological polar surface area (TPSA) is 67.8 Å². The van der Waals surface area contributed by atoms with Gasteiger partial charge in [-0.1, -0.05) is 47.5 Å². The number of hydrogen-bond acceptors (Lipinski definition) is 6. The molecule has 4 rings (SSSR count). The molecule has 1 aromatic heterocycles. The van der Waals surface area contributed by atoms with E-state index in [4.69, 9.17) is 44.5 Å². The zero-order valence-electron chi connectivity index (χ0n) is 19.0. The van der Waals surface area contributed by atoms with Gasteiger partial charge in [-0.05, 0) is 61.0 Å². The average molecular weight is 522 g/mol. The zero-order chi connectivity index (χ0) is 24.7. The van der Waals surface area contributed by atoms with Gasteiger partial charge in [0.1, 0.15) is 6.17 Å². The number of carbonyl (C=O) groups excluding carboxylic acids is 1. The van der Waals surface area contributed by atoms with Crippen LogP contribution in [0.3, 0.4) is 0 Å². The van der Waals surface area contributed by atoms with Crippen molar-refractivity contribution in [1.82, 2.24) is 19.5 Å². The van der Waals surface area contributed by atoms with Crippen LogP contribution in [0, 0.1) is 0 Å². The minimum atomic E-state index is -0.957. The standard InChI is InChI=1S/C24H23Cl3N4O3/c1-23(15-5-9-17(25)10-6-15)24(2,16-7-11-18(26)12-8-16)31(27)22(30(23)14-32)19-13-20(33-3)28-29-21(19)34-4/h5-14,22H,1-4H3/t22?,23-,24+/m1/s1. The van der Waals surface area contributed by atoms with E-state index >= 15 is 0 Å².